The number of hydrogen-bond acceptors (Lipinski definition) is 2. The lowest BCUT2D eigenvalue weighted by Gasteiger charge is -2.15. The number of ether oxygens (including phenoxy) is 1. The number of nitrogens with one attached hydrogen (secondary N) is 1. The van der Waals surface area contributed by atoms with Crippen LogP contribution in [0, 0.1) is 0 Å². The van der Waals surface area contributed by atoms with Gasteiger partial charge in [-0.2, -0.15) is 0 Å². The van der Waals surface area contributed by atoms with E-state index in [-0.39, 0.29) is 0 Å². The van der Waals surface area contributed by atoms with E-state index in [0.29, 0.717) is 5.92 Å². The molecule has 1 saturated carbocycles. The Bertz CT molecular complexity index is 333. The third kappa shape index (κ3) is 2.99. The zero-order valence-electron chi connectivity index (χ0n) is 10.2. The van der Waals surface area contributed by atoms with Crippen LogP contribution in [0.4, 0.5) is 0 Å². The van der Waals surface area contributed by atoms with Crippen molar-refractivity contribution in [1.29, 1.82) is 0 Å². The van der Waals surface area contributed by atoms with Gasteiger partial charge in [0, 0.05) is 6.04 Å². The van der Waals surface area contributed by atoms with E-state index in [0.717, 1.165) is 18.3 Å². The lowest BCUT2D eigenvalue weighted by molar-refractivity contribution is 0.404. The van der Waals surface area contributed by atoms with Crippen LogP contribution in [-0.2, 0) is 0 Å². The van der Waals surface area contributed by atoms with Crippen LogP contribution < -0.4 is 10.1 Å². The molecule has 2 nitrogen and oxygen atoms in total. The first-order valence-corrected chi connectivity index (χ1v) is 6.17. The van der Waals surface area contributed by atoms with Crippen molar-refractivity contribution < 1.29 is 4.74 Å². The number of hydrogen-bond donors (Lipinski definition) is 1. The number of rotatable bonds is 6. The molecule has 1 fully saturated rings. The molecule has 0 bridgehead atoms. The van der Waals surface area contributed by atoms with Crippen molar-refractivity contribution in [3.8, 4) is 5.75 Å². The quantitative estimate of drug-likeness (QED) is 0.794. The highest BCUT2D eigenvalue weighted by molar-refractivity contribution is 5.35. The van der Waals surface area contributed by atoms with Gasteiger partial charge in [-0.15, -0.1) is 0 Å². The SMILES string of the molecule is COc1ccccc1C(C)CCNC1CC1. The van der Waals surface area contributed by atoms with Crippen molar-refractivity contribution in [2.75, 3.05) is 13.7 Å². The molecular weight excluding hydrogens is 198 g/mol. The number of benzene rings is 1. The molecule has 1 N–H and O–H groups in total. The Morgan fingerprint density at radius 1 is 1.38 bits per heavy atom. The van der Waals surface area contributed by atoms with Crippen molar-refractivity contribution in [3.63, 3.8) is 0 Å². The summed E-state index contributed by atoms with van der Waals surface area (Å²) < 4.78 is 5.39. The normalized spacial score (nSPS) is 17.1. The van der Waals surface area contributed by atoms with Gasteiger partial charge in [0.15, 0.2) is 0 Å². The molecule has 0 saturated heterocycles. The fourth-order valence-electron chi connectivity index (χ4n) is 2.02. The minimum Gasteiger partial charge on any atom is -0.496 e. The van der Waals surface area contributed by atoms with Crippen LogP contribution in [0.3, 0.4) is 0 Å². The summed E-state index contributed by atoms with van der Waals surface area (Å²) in [5.41, 5.74) is 1.32. The maximum atomic E-state index is 5.39. The minimum absolute atomic E-state index is 0.558. The topological polar surface area (TPSA) is 21.3 Å². The lowest BCUT2D eigenvalue weighted by atomic mass is 9.97. The lowest BCUT2D eigenvalue weighted by Crippen LogP contribution is -2.19. The van der Waals surface area contributed by atoms with Crippen molar-refractivity contribution in [3.05, 3.63) is 29.8 Å². The van der Waals surface area contributed by atoms with Gasteiger partial charge in [-0.05, 0) is 43.4 Å². The van der Waals surface area contributed by atoms with E-state index in [1.54, 1.807) is 7.11 Å². The monoisotopic (exact) mass is 219 g/mol. The summed E-state index contributed by atoms with van der Waals surface area (Å²) in [6.07, 6.45) is 3.91. The molecule has 1 aromatic rings. The third-order valence-corrected chi connectivity index (χ3v) is 3.26. The second kappa shape index (κ2) is 5.35. The Morgan fingerprint density at radius 3 is 2.81 bits per heavy atom. The number of methoxy groups -OCH3 is 1. The van der Waals surface area contributed by atoms with Crippen LogP contribution in [0.15, 0.2) is 24.3 Å². The fourth-order valence-corrected chi connectivity index (χ4v) is 2.02. The van der Waals surface area contributed by atoms with E-state index in [1.165, 1.54) is 24.8 Å². The Labute approximate surface area is 98.0 Å². The molecule has 1 unspecified atom stereocenters. The first kappa shape index (κ1) is 11.5. The van der Waals surface area contributed by atoms with Crippen LogP contribution in [0.1, 0.15) is 37.7 Å². The summed E-state index contributed by atoms with van der Waals surface area (Å²) in [7, 11) is 1.74. The van der Waals surface area contributed by atoms with Gasteiger partial charge >= 0.3 is 0 Å². The number of para-hydroxylation sites is 1. The molecule has 2 heteroatoms. The molecule has 0 spiro atoms. The standard InChI is InChI=1S/C14H21NO/c1-11(9-10-15-12-7-8-12)13-5-3-4-6-14(13)16-2/h3-6,11-12,15H,7-10H2,1-2H3. The van der Waals surface area contributed by atoms with Crippen molar-refractivity contribution in [2.24, 2.45) is 0 Å². The molecule has 0 amide bonds. The minimum atomic E-state index is 0.558. The van der Waals surface area contributed by atoms with Crippen molar-refractivity contribution >= 4 is 0 Å². The maximum absolute atomic E-state index is 5.39. The van der Waals surface area contributed by atoms with E-state index in [2.05, 4.69) is 24.4 Å². The summed E-state index contributed by atoms with van der Waals surface area (Å²) in [5, 5.41) is 3.55. The predicted octanol–water partition coefficient (Wildman–Crippen LogP) is 2.94. The fraction of sp³-hybridized carbons (Fsp3) is 0.571. The highest BCUT2D eigenvalue weighted by Crippen LogP contribution is 2.28. The Morgan fingerprint density at radius 2 is 2.12 bits per heavy atom. The molecule has 1 aromatic carbocycles. The molecule has 0 aliphatic heterocycles. The second-order valence-corrected chi connectivity index (χ2v) is 4.66. The third-order valence-electron chi connectivity index (χ3n) is 3.26. The van der Waals surface area contributed by atoms with Crippen molar-refractivity contribution in [1.82, 2.24) is 5.32 Å². The summed E-state index contributed by atoms with van der Waals surface area (Å²) in [4.78, 5) is 0. The Balaban J connectivity index is 1.87. The van der Waals surface area contributed by atoms with Crippen LogP contribution in [0.2, 0.25) is 0 Å². The molecule has 1 aliphatic carbocycles. The second-order valence-electron chi connectivity index (χ2n) is 4.66. The van der Waals surface area contributed by atoms with E-state index < -0.39 is 0 Å². The molecule has 1 atom stereocenters. The molecule has 0 radical (unpaired) electrons. The molecule has 88 valence electrons. The molecule has 0 aromatic heterocycles. The highest BCUT2D eigenvalue weighted by Gasteiger charge is 2.20. The average Bonchev–Trinajstić information content (AvgIpc) is 3.13. The summed E-state index contributed by atoms with van der Waals surface area (Å²) in [6, 6.07) is 9.13. The molecule has 0 heterocycles. The van der Waals surface area contributed by atoms with Crippen LogP contribution in [-0.4, -0.2) is 19.7 Å². The maximum Gasteiger partial charge on any atom is 0.122 e. The predicted molar refractivity (Wildman–Crippen MR) is 67.1 cm³/mol. The van der Waals surface area contributed by atoms with Gasteiger partial charge in [0.05, 0.1) is 7.11 Å². The van der Waals surface area contributed by atoms with Crippen molar-refractivity contribution in [2.45, 2.75) is 38.1 Å². The smallest absolute Gasteiger partial charge is 0.122 e. The van der Waals surface area contributed by atoms with E-state index >= 15 is 0 Å². The van der Waals surface area contributed by atoms with Gasteiger partial charge in [-0.25, -0.2) is 0 Å². The first-order valence-electron chi connectivity index (χ1n) is 6.17. The van der Waals surface area contributed by atoms with E-state index in [9.17, 15) is 0 Å². The Hall–Kier alpha value is -1.02. The molecular formula is C14H21NO. The van der Waals surface area contributed by atoms with E-state index in [1.807, 2.05) is 12.1 Å². The Kier molecular flexibility index (Phi) is 3.83. The van der Waals surface area contributed by atoms with Gasteiger partial charge in [-0.3, -0.25) is 0 Å². The summed E-state index contributed by atoms with van der Waals surface area (Å²) >= 11 is 0. The van der Waals surface area contributed by atoms with Gasteiger partial charge < -0.3 is 10.1 Å². The highest BCUT2D eigenvalue weighted by atomic mass is 16.5. The average molecular weight is 219 g/mol. The molecule has 1 aliphatic rings. The molecule has 16 heavy (non-hydrogen) atoms. The van der Waals surface area contributed by atoms with Crippen LogP contribution in [0.5, 0.6) is 5.75 Å². The largest absolute Gasteiger partial charge is 0.496 e. The zero-order chi connectivity index (χ0) is 11.4. The van der Waals surface area contributed by atoms with Crippen LogP contribution in [0.25, 0.3) is 0 Å². The summed E-state index contributed by atoms with van der Waals surface area (Å²) in [5.74, 6) is 1.57. The summed E-state index contributed by atoms with van der Waals surface area (Å²) in [6.45, 7) is 3.39. The molecule has 2 rings (SSSR count). The van der Waals surface area contributed by atoms with Gasteiger partial charge in [0.25, 0.3) is 0 Å². The zero-order valence-corrected chi connectivity index (χ0v) is 10.2. The van der Waals surface area contributed by atoms with Gasteiger partial charge in [0.2, 0.25) is 0 Å². The first-order chi connectivity index (χ1) is 7.81. The van der Waals surface area contributed by atoms with Gasteiger partial charge in [0.1, 0.15) is 5.75 Å². The van der Waals surface area contributed by atoms with Crippen LogP contribution >= 0.6 is 0 Å². The van der Waals surface area contributed by atoms with Gasteiger partial charge in [-0.1, -0.05) is 25.1 Å². The van der Waals surface area contributed by atoms with E-state index in [4.69, 9.17) is 4.74 Å².